The van der Waals surface area contributed by atoms with E-state index in [9.17, 15) is 14.7 Å². The van der Waals surface area contributed by atoms with Crippen molar-refractivity contribution in [2.45, 2.75) is 33.7 Å². The summed E-state index contributed by atoms with van der Waals surface area (Å²) in [7, 11) is 0. The number of aliphatic hydroxyl groups is 1. The number of hydrogen-bond donors (Lipinski definition) is 2. The maximum atomic E-state index is 15.0. The zero-order valence-corrected chi connectivity index (χ0v) is 21.0. The average molecular weight is 511 g/mol. The van der Waals surface area contributed by atoms with Crippen molar-refractivity contribution in [2.24, 2.45) is 0 Å². The first-order chi connectivity index (χ1) is 17.2. The Labute approximate surface area is 213 Å². The van der Waals surface area contributed by atoms with Crippen LogP contribution >= 0.6 is 11.8 Å². The molecule has 1 heterocycles. The summed E-state index contributed by atoms with van der Waals surface area (Å²) in [6.45, 7) is 4.77. The van der Waals surface area contributed by atoms with E-state index >= 15 is 4.39 Å². The van der Waals surface area contributed by atoms with Gasteiger partial charge in [-0.1, -0.05) is 18.2 Å². The molecule has 188 valence electrons. The lowest BCUT2D eigenvalue weighted by molar-refractivity contribution is -0.116. The van der Waals surface area contributed by atoms with Crippen molar-refractivity contribution in [3.05, 3.63) is 87.6 Å². The molecule has 1 amide bonds. The first kappa shape index (κ1) is 26.8. The highest BCUT2D eigenvalue weighted by atomic mass is 32.2. The Kier molecular flexibility index (Phi) is 9.15. The fourth-order valence-electron chi connectivity index (χ4n) is 3.44. The highest BCUT2D eigenvalue weighted by molar-refractivity contribution is 8.17. The molecule has 0 bridgehead atoms. The molecule has 0 radical (unpaired) electrons. The number of aliphatic hydroxyl groups excluding tert-OH is 1. The molecule has 8 nitrogen and oxygen atoms in total. The SMILES string of the molecule is C/C(=C(\CCO)SC(=O)c1c(C)cc(Oc2ccccc2)cc1F)N(C=O)Cc1cnc(C)nc1N. The lowest BCUT2D eigenvalue weighted by atomic mass is 10.1. The predicted molar refractivity (Wildman–Crippen MR) is 137 cm³/mol. The van der Waals surface area contributed by atoms with Gasteiger partial charge in [0.25, 0.3) is 0 Å². The zero-order valence-electron chi connectivity index (χ0n) is 20.2. The van der Waals surface area contributed by atoms with Gasteiger partial charge in [0.2, 0.25) is 11.5 Å². The fourth-order valence-corrected chi connectivity index (χ4v) is 4.48. The van der Waals surface area contributed by atoms with Crippen LogP contribution in [0.25, 0.3) is 0 Å². The van der Waals surface area contributed by atoms with Gasteiger partial charge in [-0.05, 0) is 56.3 Å². The van der Waals surface area contributed by atoms with Crippen LogP contribution in [0, 0.1) is 19.7 Å². The Hall–Kier alpha value is -3.76. The first-order valence-corrected chi connectivity index (χ1v) is 11.9. The third-order valence-electron chi connectivity index (χ3n) is 5.32. The minimum atomic E-state index is -0.726. The van der Waals surface area contributed by atoms with E-state index in [-0.39, 0.29) is 36.7 Å². The Morgan fingerprint density at radius 2 is 1.94 bits per heavy atom. The summed E-state index contributed by atoms with van der Waals surface area (Å²) in [4.78, 5) is 35.0. The van der Waals surface area contributed by atoms with Gasteiger partial charge in [-0.25, -0.2) is 14.4 Å². The molecule has 0 aliphatic heterocycles. The summed E-state index contributed by atoms with van der Waals surface area (Å²) in [5, 5.41) is 9.02. The normalized spacial score (nSPS) is 11.6. The monoisotopic (exact) mass is 510 g/mol. The fraction of sp³-hybridized carbons (Fsp3) is 0.231. The second-order valence-corrected chi connectivity index (χ2v) is 9.01. The molecule has 0 aliphatic rings. The number of para-hydroxylation sites is 1. The van der Waals surface area contributed by atoms with Crippen LogP contribution in [0.1, 0.15) is 40.7 Å². The Balaban J connectivity index is 1.85. The van der Waals surface area contributed by atoms with Gasteiger partial charge < -0.3 is 20.5 Å². The molecule has 0 fully saturated rings. The van der Waals surface area contributed by atoms with E-state index in [1.807, 2.05) is 6.07 Å². The lowest BCUT2D eigenvalue weighted by Gasteiger charge is -2.22. The summed E-state index contributed by atoms with van der Waals surface area (Å²) >= 11 is 0.766. The van der Waals surface area contributed by atoms with E-state index in [1.165, 1.54) is 11.1 Å². The van der Waals surface area contributed by atoms with E-state index < -0.39 is 10.9 Å². The summed E-state index contributed by atoms with van der Waals surface area (Å²) in [6.07, 6.45) is 2.23. The highest BCUT2D eigenvalue weighted by Crippen LogP contribution is 2.33. The Morgan fingerprint density at radius 3 is 2.56 bits per heavy atom. The maximum Gasteiger partial charge on any atom is 0.227 e. The Bertz CT molecular complexity index is 1260. The topological polar surface area (TPSA) is 119 Å². The number of aryl methyl sites for hydroxylation is 2. The van der Waals surface area contributed by atoms with Crippen LogP contribution in [0.2, 0.25) is 0 Å². The van der Waals surface area contributed by atoms with Gasteiger partial charge in [-0.15, -0.1) is 0 Å². The van der Waals surface area contributed by atoms with Gasteiger partial charge in [-0.3, -0.25) is 9.59 Å². The molecule has 0 saturated carbocycles. The molecule has 0 aliphatic carbocycles. The van der Waals surface area contributed by atoms with Crippen molar-refractivity contribution in [1.29, 1.82) is 0 Å². The number of amides is 1. The average Bonchev–Trinajstić information content (AvgIpc) is 2.83. The largest absolute Gasteiger partial charge is 0.457 e. The van der Waals surface area contributed by atoms with Gasteiger partial charge in [0, 0.05) is 41.5 Å². The molecule has 3 aromatic rings. The highest BCUT2D eigenvalue weighted by Gasteiger charge is 2.22. The number of allylic oxidation sites excluding steroid dienone is 1. The second kappa shape index (κ2) is 12.3. The zero-order chi connectivity index (χ0) is 26.2. The molecule has 10 heteroatoms. The van der Waals surface area contributed by atoms with Gasteiger partial charge >= 0.3 is 0 Å². The number of hydrogen-bond acceptors (Lipinski definition) is 8. The number of anilines is 1. The van der Waals surface area contributed by atoms with Crippen molar-refractivity contribution >= 4 is 29.1 Å². The number of thioether (sulfide) groups is 1. The van der Waals surface area contributed by atoms with Gasteiger partial charge in [0.15, 0.2) is 0 Å². The molecule has 1 aromatic heterocycles. The molecule has 36 heavy (non-hydrogen) atoms. The molecular weight excluding hydrogens is 483 g/mol. The van der Waals surface area contributed by atoms with Gasteiger partial charge in [-0.2, -0.15) is 0 Å². The maximum absolute atomic E-state index is 15.0. The molecular formula is C26H27FN4O4S. The van der Waals surface area contributed by atoms with Crippen molar-refractivity contribution in [3.8, 4) is 11.5 Å². The van der Waals surface area contributed by atoms with Crippen LogP contribution in [0.4, 0.5) is 10.2 Å². The number of nitrogens with two attached hydrogens (primary N) is 1. The molecule has 3 rings (SSSR count). The summed E-state index contributed by atoms with van der Waals surface area (Å²) in [5.41, 5.74) is 7.21. The predicted octanol–water partition coefficient (Wildman–Crippen LogP) is 4.75. The number of aromatic nitrogens is 2. The van der Waals surface area contributed by atoms with Crippen LogP contribution in [-0.4, -0.2) is 38.1 Å². The van der Waals surface area contributed by atoms with E-state index in [0.717, 1.165) is 17.8 Å². The number of benzene rings is 2. The van der Waals surface area contributed by atoms with E-state index in [4.69, 9.17) is 10.5 Å². The minimum Gasteiger partial charge on any atom is -0.457 e. The van der Waals surface area contributed by atoms with Crippen molar-refractivity contribution < 1.29 is 23.8 Å². The van der Waals surface area contributed by atoms with E-state index in [2.05, 4.69) is 9.97 Å². The lowest BCUT2D eigenvalue weighted by Crippen LogP contribution is -2.22. The summed E-state index contributed by atoms with van der Waals surface area (Å²) < 4.78 is 20.7. The standard InChI is InChI=1S/C26H27FN4O4S/c1-16-11-21(35-20-7-5-4-6-8-20)12-22(27)24(16)26(34)36-23(9-10-32)17(2)31(15-33)14-19-13-29-18(3)30-25(19)28/h4-8,11-13,15,32H,9-10,14H2,1-3H3,(H2,28,29,30)/b23-17-. The summed E-state index contributed by atoms with van der Waals surface area (Å²) in [5.74, 6) is 0.828. The van der Waals surface area contributed by atoms with Gasteiger partial charge in [0.1, 0.15) is 29.0 Å². The number of nitrogen functional groups attached to an aromatic ring is 1. The summed E-state index contributed by atoms with van der Waals surface area (Å²) in [6, 6.07) is 11.7. The number of carbonyl (C=O) groups is 2. The van der Waals surface area contributed by atoms with Crippen LogP contribution in [-0.2, 0) is 11.3 Å². The van der Waals surface area contributed by atoms with E-state index in [0.29, 0.717) is 39.7 Å². The molecule has 2 aromatic carbocycles. The van der Waals surface area contributed by atoms with Crippen LogP contribution in [0.3, 0.4) is 0 Å². The number of ether oxygens (including phenoxy) is 1. The van der Waals surface area contributed by atoms with Crippen LogP contribution < -0.4 is 10.5 Å². The van der Waals surface area contributed by atoms with Crippen molar-refractivity contribution in [3.63, 3.8) is 0 Å². The number of halogens is 1. The quantitative estimate of drug-likeness (QED) is 0.375. The smallest absolute Gasteiger partial charge is 0.227 e. The molecule has 0 atom stereocenters. The second-order valence-electron chi connectivity index (χ2n) is 7.94. The number of nitrogens with zero attached hydrogens (tertiary/aromatic N) is 3. The van der Waals surface area contributed by atoms with Crippen molar-refractivity contribution in [1.82, 2.24) is 14.9 Å². The third kappa shape index (κ3) is 6.67. The third-order valence-corrected chi connectivity index (χ3v) is 6.45. The van der Waals surface area contributed by atoms with Crippen LogP contribution in [0.15, 0.2) is 59.3 Å². The first-order valence-electron chi connectivity index (χ1n) is 11.1. The molecule has 0 spiro atoms. The molecule has 3 N–H and O–H groups in total. The number of rotatable bonds is 10. The number of carbonyl (C=O) groups excluding carboxylic acids is 2. The van der Waals surface area contributed by atoms with E-state index in [1.54, 1.807) is 51.1 Å². The van der Waals surface area contributed by atoms with Crippen LogP contribution in [0.5, 0.6) is 11.5 Å². The molecule has 0 unspecified atom stereocenters. The van der Waals surface area contributed by atoms with Gasteiger partial charge in [0.05, 0.1) is 12.1 Å². The minimum absolute atomic E-state index is 0.0734. The van der Waals surface area contributed by atoms with Crippen molar-refractivity contribution in [2.75, 3.05) is 12.3 Å². The Morgan fingerprint density at radius 1 is 1.22 bits per heavy atom. The molecule has 0 saturated heterocycles.